The van der Waals surface area contributed by atoms with Crippen LogP contribution >= 0.6 is 0 Å². The molecule has 1 amide bonds. The lowest BCUT2D eigenvalue weighted by Crippen LogP contribution is -2.49. The molecule has 0 aliphatic carbocycles. The number of carbonyl (C=O) groups is 1. The summed E-state index contributed by atoms with van der Waals surface area (Å²) in [6, 6.07) is 12.4. The molecule has 158 valence electrons. The van der Waals surface area contributed by atoms with Crippen LogP contribution in [-0.2, 0) is 6.54 Å². The number of ether oxygens (including phenoxy) is 1. The van der Waals surface area contributed by atoms with Gasteiger partial charge >= 0.3 is 0 Å². The van der Waals surface area contributed by atoms with Crippen molar-refractivity contribution in [2.75, 3.05) is 33.3 Å². The maximum Gasteiger partial charge on any atom is 0.274 e. The summed E-state index contributed by atoms with van der Waals surface area (Å²) in [5, 5.41) is 13.9. The molecule has 0 radical (unpaired) electrons. The van der Waals surface area contributed by atoms with E-state index in [1.165, 1.54) is 16.8 Å². The maximum atomic E-state index is 12.9. The summed E-state index contributed by atoms with van der Waals surface area (Å²) in [5.74, 6) is 0.566. The van der Waals surface area contributed by atoms with Crippen LogP contribution in [0.25, 0.3) is 0 Å². The van der Waals surface area contributed by atoms with Crippen LogP contribution in [0, 0.1) is 11.3 Å². The van der Waals surface area contributed by atoms with Gasteiger partial charge in [0.2, 0.25) is 0 Å². The third kappa shape index (κ3) is 4.86. The molecule has 1 fully saturated rings. The zero-order valence-electron chi connectivity index (χ0n) is 17.5. The van der Waals surface area contributed by atoms with E-state index in [4.69, 9.17) is 4.74 Å². The fourth-order valence-corrected chi connectivity index (χ4v) is 3.53. The molecule has 1 atom stereocenters. The zero-order valence-corrected chi connectivity index (χ0v) is 17.5. The van der Waals surface area contributed by atoms with Gasteiger partial charge in [-0.25, -0.2) is 4.68 Å². The highest BCUT2D eigenvalue weighted by atomic mass is 16.5. The number of nitriles is 1. The number of methoxy groups -OCH3 is 1. The summed E-state index contributed by atoms with van der Waals surface area (Å²) in [6.07, 6.45) is 1.78. The molecule has 3 rings (SSSR count). The van der Waals surface area contributed by atoms with Crippen molar-refractivity contribution < 1.29 is 9.53 Å². The average molecular weight is 409 g/mol. The van der Waals surface area contributed by atoms with Crippen molar-refractivity contribution in [3.8, 4) is 11.8 Å². The van der Waals surface area contributed by atoms with E-state index in [0.29, 0.717) is 32.7 Å². The van der Waals surface area contributed by atoms with Crippen molar-refractivity contribution in [1.29, 1.82) is 5.26 Å². The van der Waals surface area contributed by atoms with Crippen molar-refractivity contribution in [3.63, 3.8) is 0 Å². The van der Waals surface area contributed by atoms with Crippen LogP contribution in [0.15, 0.2) is 41.2 Å². The van der Waals surface area contributed by atoms with Crippen LogP contribution in [0.5, 0.6) is 5.75 Å². The Hall–Kier alpha value is -3.18. The van der Waals surface area contributed by atoms with E-state index >= 15 is 0 Å². The number of amides is 1. The molecule has 8 nitrogen and oxygen atoms in total. The van der Waals surface area contributed by atoms with Crippen LogP contribution in [0.1, 0.15) is 41.9 Å². The van der Waals surface area contributed by atoms with E-state index in [0.717, 1.165) is 24.2 Å². The number of hydrogen-bond acceptors (Lipinski definition) is 6. The number of nitrogens with zero attached hydrogens (tertiary/aromatic N) is 5. The summed E-state index contributed by atoms with van der Waals surface area (Å²) >= 11 is 0. The molecule has 8 heteroatoms. The number of piperazine rings is 1. The van der Waals surface area contributed by atoms with Gasteiger partial charge in [-0.05, 0) is 30.2 Å². The van der Waals surface area contributed by atoms with Crippen molar-refractivity contribution in [1.82, 2.24) is 19.6 Å². The molecule has 2 aromatic rings. The van der Waals surface area contributed by atoms with Gasteiger partial charge in [0.1, 0.15) is 17.5 Å². The number of aromatic nitrogens is 2. The Morgan fingerprint density at radius 1 is 1.17 bits per heavy atom. The van der Waals surface area contributed by atoms with E-state index in [-0.39, 0.29) is 23.2 Å². The second-order valence-corrected chi connectivity index (χ2v) is 7.27. The average Bonchev–Trinajstić information content (AvgIpc) is 2.79. The number of unbranched alkanes of at least 4 members (excludes halogenated alkanes) is 1. The van der Waals surface area contributed by atoms with Crippen LogP contribution in [-0.4, -0.2) is 58.8 Å². The van der Waals surface area contributed by atoms with Crippen LogP contribution in [0.3, 0.4) is 0 Å². The smallest absolute Gasteiger partial charge is 0.274 e. The number of rotatable bonds is 7. The van der Waals surface area contributed by atoms with E-state index in [1.807, 2.05) is 31.2 Å². The van der Waals surface area contributed by atoms with Gasteiger partial charge in [-0.1, -0.05) is 25.5 Å². The van der Waals surface area contributed by atoms with Gasteiger partial charge in [0, 0.05) is 38.8 Å². The SMILES string of the molecule is CCCCn1nc(C(=O)N2CCN(C(C#N)c3ccc(OC)cc3)CC2)ccc1=O. The molecular formula is C22H27N5O3. The van der Waals surface area contributed by atoms with Crippen molar-refractivity contribution in [3.05, 3.63) is 58.0 Å². The molecule has 1 aliphatic heterocycles. The van der Waals surface area contributed by atoms with Crippen molar-refractivity contribution in [2.24, 2.45) is 0 Å². The molecule has 30 heavy (non-hydrogen) atoms. The van der Waals surface area contributed by atoms with Crippen LogP contribution in [0.4, 0.5) is 0 Å². The monoisotopic (exact) mass is 409 g/mol. The standard InChI is InChI=1S/C22H27N5O3/c1-3-4-11-27-21(28)10-9-19(24-27)22(29)26-14-12-25(13-15-26)20(16-23)17-5-7-18(30-2)8-6-17/h5-10,20H,3-4,11-15H2,1-2H3. The normalized spacial score (nSPS) is 15.4. The second-order valence-electron chi connectivity index (χ2n) is 7.27. The molecule has 1 aliphatic rings. The summed E-state index contributed by atoms with van der Waals surface area (Å²) in [6.45, 7) is 4.73. The third-order valence-electron chi connectivity index (χ3n) is 5.33. The number of carbonyl (C=O) groups excluding carboxylic acids is 1. The van der Waals surface area contributed by atoms with Gasteiger partial charge in [-0.15, -0.1) is 0 Å². The van der Waals surface area contributed by atoms with Crippen molar-refractivity contribution >= 4 is 5.91 Å². The van der Waals surface area contributed by atoms with E-state index in [1.54, 1.807) is 12.0 Å². The molecule has 1 aromatic heterocycles. The van der Waals surface area contributed by atoms with Gasteiger partial charge in [-0.2, -0.15) is 10.4 Å². The Morgan fingerprint density at radius 3 is 2.47 bits per heavy atom. The van der Waals surface area contributed by atoms with E-state index < -0.39 is 0 Å². The Bertz CT molecular complexity index is 956. The Labute approximate surface area is 176 Å². The molecule has 2 heterocycles. The first-order chi connectivity index (χ1) is 14.6. The summed E-state index contributed by atoms with van der Waals surface area (Å²) in [4.78, 5) is 28.6. The molecule has 1 aromatic carbocycles. The quantitative estimate of drug-likeness (QED) is 0.695. The van der Waals surface area contributed by atoms with Gasteiger partial charge < -0.3 is 9.64 Å². The van der Waals surface area contributed by atoms with E-state index in [2.05, 4.69) is 16.1 Å². The van der Waals surface area contributed by atoms with Crippen LogP contribution in [0.2, 0.25) is 0 Å². The van der Waals surface area contributed by atoms with E-state index in [9.17, 15) is 14.9 Å². The lowest BCUT2D eigenvalue weighted by Gasteiger charge is -2.36. The molecule has 1 saturated heterocycles. The minimum absolute atomic E-state index is 0.183. The first kappa shape index (κ1) is 21.5. The minimum atomic E-state index is -0.373. The predicted molar refractivity (Wildman–Crippen MR) is 112 cm³/mol. The summed E-state index contributed by atoms with van der Waals surface area (Å²) < 4.78 is 6.54. The first-order valence-corrected chi connectivity index (χ1v) is 10.2. The first-order valence-electron chi connectivity index (χ1n) is 10.2. The summed E-state index contributed by atoms with van der Waals surface area (Å²) in [5.41, 5.74) is 0.995. The minimum Gasteiger partial charge on any atom is -0.497 e. The van der Waals surface area contributed by atoms with Crippen molar-refractivity contribution in [2.45, 2.75) is 32.4 Å². The molecule has 0 saturated carbocycles. The number of benzene rings is 1. The highest BCUT2D eigenvalue weighted by Crippen LogP contribution is 2.24. The number of hydrogen-bond donors (Lipinski definition) is 0. The molecule has 0 bridgehead atoms. The van der Waals surface area contributed by atoms with Gasteiger partial charge in [0.05, 0.1) is 13.2 Å². The fourth-order valence-electron chi connectivity index (χ4n) is 3.53. The molecule has 1 unspecified atom stereocenters. The van der Waals surface area contributed by atoms with Gasteiger partial charge in [0.25, 0.3) is 11.5 Å². The summed E-state index contributed by atoms with van der Waals surface area (Å²) in [7, 11) is 1.61. The fraction of sp³-hybridized carbons (Fsp3) is 0.455. The van der Waals surface area contributed by atoms with Crippen LogP contribution < -0.4 is 10.3 Å². The van der Waals surface area contributed by atoms with Gasteiger partial charge in [-0.3, -0.25) is 14.5 Å². The molecule has 0 spiro atoms. The highest BCUT2D eigenvalue weighted by molar-refractivity contribution is 5.92. The predicted octanol–water partition coefficient (Wildman–Crippen LogP) is 2.07. The Balaban J connectivity index is 1.65. The third-order valence-corrected chi connectivity index (χ3v) is 5.33. The Morgan fingerprint density at radius 2 is 1.87 bits per heavy atom. The molecular weight excluding hydrogens is 382 g/mol. The topological polar surface area (TPSA) is 91.5 Å². The Kier molecular flexibility index (Phi) is 7.20. The maximum absolute atomic E-state index is 12.9. The number of aryl methyl sites for hydroxylation is 1. The zero-order chi connectivity index (χ0) is 21.5. The highest BCUT2D eigenvalue weighted by Gasteiger charge is 2.28. The van der Waals surface area contributed by atoms with Gasteiger partial charge in [0.15, 0.2) is 0 Å². The second kappa shape index (κ2) is 10.0. The largest absolute Gasteiger partial charge is 0.497 e. The molecule has 0 N–H and O–H groups in total. The lowest BCUT2D eigenvalue weighted by atomic mass is 10.1. The lowest BCUT2D eigenvalue weighted by molar-refractivity contribution is 0.0598.